The highest BCUT2D eigenvalue weighted by Crippen LogP contribution is 2.38. The van der Waals surface area contributed by atoms with Gasteiger partial charge in [-0.05, 0) is 39.3 Å². The molecule has 2 nitrogen and oxygen atoms in total. The second kappa shape index (κ2) is 4.13. The standard InChI is InChI=1S/C16H22N2/c1-11-7-5-6-8-15(11)18-13(3)16-10-9-12(2)17(16)14(18)4/h5-10,12-14,16H,1-4H3/t12?,13-,14?,16?/m0/s1/i4D3,12D. The van der Waals surface area contributed by atoms with E-state index in [0.717, 1.165) is 11.3 Å². The summed E-state index contributed by atoms with van der Waals surface area (Å²) in [5.74, 6) is 0. The van der Waals surface area contributed by atoms with Crippen LogP contribution in [-0.4, -0.2) is 29.2 Å². The highest BCUT2D eigenvalue weighted by atomic mass is 15.5. The van der Waals surface area contributed by atoms with E-state index in [1.807, 2.05) is 60.1 Å². The Morgan fingerprint density at radius 1 is 1.22 bits per heavy atom. The molecule has 1 aromatic rings. The summed E-state index contributed by atoms with van der Waals surface area (Å²) in [7, 11) is 0. The van der Waals surface area contributed by atoms with Gasteiger partial charge in [-0.2, -0.15) is 0 Å². The Morgan fingerprint density at radius 3 is 2.72 bits per heavy atom. The van der Waals surface area contributed by atoms with Crippen LogP contribution in [0.2, 0.25) is 0 Å². The summed E-state index contributed by atoms with van der Waals surface area (Å²) < 4.78 is 32.6. The molecule has 0 N–H and O–H groups in total. The van der Waals surface area contributed by atoms with Gasteiger partial charge in [0, 0.05) is 21.9 Å². The van der Waals surface area contributed by atoms with E-state index in [9.17, 15) is 0 Å². The Balaban J connectivity index is 2.13. The molecule has 2 aliphatic heterocycles. The molecular formula is C16H22N2. The number of fused-ring (bicyclic) bond motifs is 1. The van der Waals surface area contributed by atoms with Gasteiger partial charge in [0.05, 0.1) is 13.6 Å². The fourth-order valence-corrected chi connectivity index (χ4v) is 3.13. The predicted octanol–water partition coefficient (Wildman–Crippen LogP) is 3.18. The number of hydrogen-bond donors (Lipinski definition) is 0. The van der Waals surface area contributed by atoms with Crippen molar-refractivity contribution >= 4 is 5.69 Å². The Hall–Kier alpha value is -1.28. The minimum Gasteiger partial charge on any atom is -0.351 e. The van der Waals surface area contributed by atoms with Gasteiger partial charge in [-0.1, -0.05) is 30.4 Å². The SMILES string of the molecule is [2H]C([2H])([2H])C1N(c2ccccc2C)[C@@H](C)C2C=CC([2H])(C)N21. The first kappa shape index (κ1) is 8.00. The van der Waals surface area contributed by atoms with Crippen LogP contribution in [0.3, 0.4) is 0 Å². The fraction of sp³-hybridized carbons (Fsp3) is 0.500. The lowest BCUT2D eigenvalue weighted by Gasteiger charge is -2.32. The predicted molar refractivity (Wildman–Crippen MR) is 76.8 cm³/mol. The van der Waals surface area contributed by atoms with Crippen molar-refractivity contribution in [3.63, 3.8) is 0 Å². The van der Waals surface area contributed by atoms with Crippen molar-refractivity contribution in [3.8, 4) is 0 Å². The number of para-hydroxylation sites is 1. The first-order valence-electron chi connectivity index (χ1n) is 8.46. The van der Waals surface area contributed by atoms with Crippen LogP contribution in [0.5, 0.6) is 0 Å². The zero-order chi connectivity index (χ0) is 16.3. The first-order valence-corrected chi connectivity index (χ1v) is 6.46. The van der Waals surface area contributed by atoms with Gasteiger partial charge in [0.15, 0.2) is 0 Å². The lowest BCUT2D eigenvalue weighted by atomic mass is 10.1. The molecule has 0 amide bonds. The molecule has 2 aliphatic rings. The summed E-state index contributed by atoms with van der Waals surface area (Å²) in [4.78, 5) is 3.79. The topological polar surface area (TPSA) is 6.48 Å². The Bertz CT molecular complexity index is 608. The van der Waals surface area contributed by atoms with Crippen LogP contribution in [0, 0.1) is 6.92 Å². The van der Waals surface area contributed by atoms with Crippen LogP contribution in [0.1, 0.15) is 31.7 Å². The maximum Gasteiger partial charge on any atom is 0.0806 e. The number of aryl methyl sites for hydroxylation is 1. The molecule has 1 saturated heterocycles. The lowest BCUT2D eigenvalue weighted by Crippen LogP contribution is -2.41. The van der Waals surface area contributed by atoms with Crippen LogP contribution >= 0.6 is 0 Å². The summed E-state index contributed by atoms with van der Waals surface area (Å²) in [6.45, 7) is 3.62. The molecule has 0 aromatic heterocycles. The van der Waals surface area contributed by atoms with Crippen molar-refractivity contribution in [1.82, 2.24) is 4.90 Å². The normalized spacial score (nSPS) is 43.3. The molecule has 0 spiro atoms. The van der Waals surface area contributed by atoms with Crippen LogP contribution in [0.25, 0.3) is 0 Å². The van der Waals surface area contributed by atoms with Gasteiger partial charge in [-0.15, -0.1) is 0 Å². The monoisotopic (exact) mass is 246 g/mol. The van der Waals surface area contributed by atoms with Gasteiger partial charge < -0.3 is 4.90 Å². The number of benzene rings is 1. The van der Waals surface area contributed by atoms with Gasteiger partial charge in [0.25, 0.3) is 0 Å². The zero-order valence-electron chi connectivity index (χ0n) is 15.1. The van der Waals surface area contributed by atoms with E-state index in [0.29, 0.717) is 0 Å². The third kappa shape index (κ3) is 1.52. The van der Waals surface area contributed by atoms with Crippen LogP contribution in [-0.2, 0) is 0 Å². The van der Waals surface area contributed by atoms with Gasteiger partial charge in [-0.25, -0.2) is 0 Å². The average molecular weight is 246 g/mol. The minimum absolute atomic E-state index is 0.00921. The summed E-state index contributed by atoms with van der Waals surface area (Å²) in [6.07, 6.45) is 3.00. The van der Waals surface area contributed by atoms with Gasteiger partial charge >= 0.3 is 0 Å². The van der Waals surface area contributed by atoms with Crippen molar-refractivity contribution in [2.45, 2.75) is 51.9 Å². The van der Waals surface area contributed by atoms with E-state index >= 15 is 0 Å². The highest BCUT2D eigenvalue weighted by molar-refractivity contribution is 5.56. The molecule has 3 unspecified atom stereocenters. The molecule has 1 aromatic carbocycles. The second-order valence-electron chi connectivity index (χ2n) is 5.21. The van der Waals surface area contributed by atoms with Crippen molar-refractivity contribution in [3.05, 3.63) is 42.0 Å². The number of nitrogens with zero attached hydrogens (tertiary/aromatic N) is 2. The maximum absolute atomic E-state index is 8.48. The third-order valence-electron chi connectivity index (χ3n) is 4.12. The Kier molecular flexibility index (Phi) is 1.84. The van der Waals surface area contributed by atoms with Crippen molar-refractivity contribution in [2.24, 2.45) is 0 Å². The summed E-state index contributed by atoms with van der Waals surface area (Å²) in [5, 5.41) is 0. The molecule has 0 bridgehead atoms. The second-order valence-corrected chi connectivity index (χ2v) is 5.21. The highest BCUT2D eigenvalue weighted by Gasteiger charge is 2.45. The smallest absolute Gasteiger partial charge is 0.0806 e. The molecule has 0 saturated carbocycles. The van der Waals surface area contributed by atoms with E-state index in [1.165, 1.54) is 0 Å². The first-order chi connectivity index (χ1) is 10.1. The molecule has 96 valence electrons. The summed E-state index contributed by atoms with van der Waals surface area (Å²) >= 11 is 0. The van der Waals surface area contributed by atoms with Crippen LogP contribution in [0.4, 0.5) is 5.69 Å². The number of anilines is 1. The molecule has 3 rings (SSSR count). The molecule has 2 heteroatoms. The van der Waals surface area contributed by atoms with E-state index in [2.05, 4.69) is 0 Å². The summed E-state index contributed by atoms with van der Waals surface area (Å²) in [6, 6.07) is 6.83. The maximum atomic E-state index is 8.48. The van der Waals surface area contributed by atoms with Crippen molar-refractivity contribution in [1.29, 1.82) is 0 Å². The molecule has 18 heavy (non-hydrogen) atoms. The van der Waals surface area contributed by atoms with E-state index in [4.69, 9.17) is 5.48 Å². The van der Waals surface area contributed by atoms with E-state index < -0.39 is 19.0 Å². The van der Waals surface area contributed by atoms with E-state index in [1.54, 1.807) is 6.92 Å². The average Bonchev–Trinajstić information content (AvgIpc) is 2.87. The van der Waals surface area contributed by atoms with Crippen molar-refractivity contribution in [2.75, 3.05) is 4.90 Å². The number of hydrogen-bond acceptors (Lipinski definition) is 2. The van der Waals surface area contributed by atoms with Gasteiger partial charge in [0.1, 0.15) is 0 Å². The van der Waals surface area contributed by atoms with Gasteiger partial charge in [-0.3, -0.25) is 4.90 Å². The molecule has 2 heterocycles. The minimum atomic E-state index is -2.18. The third-order valence-corrected chi connectivity index (χ3v) is 4.12. The lowest BCUT2D eigenvalue weighted by molar-refractivity contribution is 0.216. The largest absolute Gasteiger partial charge is 0.351 e. The molecular weight excluding hydrogens is 220 g/mol. The summed E-state index contributed by atoms with van der Waals surface area (Å²) in [5.41, 5.74) is 2.00. The van der Waals surface area contributed by atoms with Crippen LogP contribution < -0.4 is 4.90 Å². The molecule has 0 aliphatic carbocycles. The molecule has 0 radical (unpaired) electrons. The van der Waals surface area contributed by atoms with E-state index in [-0.39, 0.29) is 12.1 Å². The molecule has 4 atom stereocenters. The Morgan fingerprint density at radius 2 is 2.00 bits per heavy atom. The zero-order valence-corrected chi connectivity index (χ0v) is 11.1. The number of rotatable bonds is 1. The van der Waals surface area contributed by atoms with Crippen LogP contribution in [0.15, 0.2) is 36.4 Å². The fourth-order valence-electron chi connectivity index (χ4n) is 3.13. The van der Waals surface area contributed by atoms with Crippen molar-refractivity contribution < 1.29 is 5.48 Å². The molecule has 1 fully saturated rings. The Labute approximate surface area is 116 Å². The quantitative estimate of drug-likeness (QED) is 0.702. The van der Waals surface area contributed by atoms with Gasteiger partial charge in [0.2, 0.25) is 0 Å².